The summed E-state index contributed by atoms with van der Waals surface area (Å²) >= 11 is 1.30. The van der Waals surface area contributed by atoms with E-state index in [1.54, 1.807) is 6.92 Å². The zero-order chi connectivity index (χ0) is 28.7. The van der Waals surface area contributed by atoms with Gasteiger partial charge in [0, 0.05) is 23.4 Å². The highest BCUT2D eigenvalue weighted by Gasteiger charge is 2.53. The van der Waals surface area contributed by atoms with Crippen LogP contribution in [-0.4, -0.2) is 35.6 Å². The predicted octanol–water partition coefficient (Wildman–Crippen LogP) is 5.03. The van der Waals surface area contributed by atoms with Crippen molar-refractivity contribution in [2.24, 2.45) is 0 Å². The number of pyridine rings is 1. The molecule has 7 nitrogen and oxygen atoms in total. The molecule has 41 heavy (non-hydrogen) atoms. The molecule has 2 heterocycles. The topological polar surface area (TPSA) is 88.7 Å². The molecule has 1 aliphatic rings. The van der Waals surface area contributed by atoms with Crippen molar-refractivity contribution in [2.75, 3.05) is 12.4 Å². The van der Waals surface area contributed by atoms with Gasteiger partial charge in [-0.2, -0.15) is 4.57 Å². The Labute approximate surface area is 243 Å². The quantitative estimate of drug-likeness (QED) is 0.206. The zero-order valence-electron chi connectivity index (χ0n) is 22.6. The molecular formula is C33H31N2O5S+. The van der Waals surface area contributed by atoms with E-state index in [-0.39, 0.29) is 19.0 Å². The summed E-state index contributed by atoms with van der Waals surface area (Å²) in [4.78, 5) is 26.3. The van der Waals surface area contributed by atoms with Crippen molar-refractivity contribution < 1.29 is 28.7 Å². The number of alkyl carbamates (subject to hydrolysis) is 1. The number of amides is 1. The van der Waals surface area contributed by atoms with Gasteiger partial charge in [0.25, 0.3) is 0 Å². The maximum atomic E-state index is 13.0. The Kier molecular flexibility index (Phi) is 8.82. The summed E-state index contributed by atoms with van der Waals surface area (Å²) in [5, 5.41) is 15.2. The molecule has 4 aromatic rings. The molecule has 1 unspecified atom stereocenters. The lowest BCUT2D eigenvalue weighted by Crippen LogP contribution is -2.44. The minimum atomic E-state index is -1.49. The summed E-state index contributed by atoms with van der Waals surface area (Å²) in [7, 11) is 0. The number of benzene rings is 3. The lowest BCUT2D eigenvalue weighted by Gasteiger charge is -2.24. The Hall–Kier alpha value is -4.40. The van der Waals surface area contributed by atoms with E-state index in [0.29, 0.717) is 16.2 Å². The number of ether oxygens (including phenoxy) is 2. The number of aromatic nitrogens is 1. The van der Waals surface area contributed by atoms with Crippen LogP contribution < -0.4 is 9.88 Å². The summed E-state index contributed by atoms with van der Waals surface area (Å²) in [6, 6.07) is 33.2. The van der Waals surface area contributed by atoms with Gasteiger partial charge in [0.2, 0.25) is 17.0 Å². The van der Waals surface area contributed by atoms with Gasteiger partial charge < -0.3 is 19.9 Å². The van der Waals surface area contributed by atoms with Crippen molar-refractivity contribution in [1.29, 1.82) is 0 Å². The van der Waals surface area contributed by atoms with Crippen LogP contribution in [0, 0.1) is 0 Å². The summed E-state index contributed by atoms with van der Waals surface area (Å²) < 4.78 is 12.6. The van der Waals surface area contributed by atoms with Gasteiger partial charge in [-0.05, 0) is 36.2 Å². The third kappa shape index (κ3) is 6.04. The maximum absolute atomic E-state index is 13.0. The van der Waals surface area contributed by atoms with Gasteiger partial charge in [-0.1, -0.05) is 78.9 Å². The van der Waals surface area contributed by atoms with Crippen LogP contribution in [0.15, 0.2) is 120 Å². The number of carbonyl (C=O) groups excluding carboxylic acids is 2. The molecule has 8 heteroatoms. The van der Waals surface area contributed by atoms with E-state index < -0.39 is 23.7 Å². The number of nitrogens with one attached hydrogen (secondary N) is 1. The van der Waals surface area contributed by atoms with E-state index in [4.69, 9.17) is 9.47 Å². The van der Waals surface area contributed by atoms with Gasteiger partial charge in [-0.3, -0.25) is 0 Å². The molecule has 5 rings (SSSR count). The minimum absolute atomic E-state index is 0.0678. The molecule has 0 bridgehead atoms. The second kappa shape index (κ2) is 12.8. The molecule has 1 amide bonds. The molecular weight excluding hydrogens is 536 g/mol. The van der Waals surface area contributed by atoms with Crippen LogP contribution in [0.25, 0.3) is 5.70 Å². The van der Waals surface area contributed by atoms with Crippen LogP contribution in [0.1, 0.15) is 29.3 Å². The van der Waals surface area contributed by atoms with Gasteiger partial charge >= 0.3 is 12.1 Å². The number of fused-ring (bicyclic) bond motifs is 1. The summed E-state index contributed by atoms with van der Waals surface area (Å²) in [5.74, 6) is -0.473. The second-order valence-corrected chi connectivity index (χ2v) is 10.4. The van der Waals surface area contributed by atoms with E-state index in [2.05, 4.69) is 5.32 Å². The van der Waals surface area contributed by atoms with Crippen LogP contribution in [-0.2, 0) is 26.5 Å². The van der Waals surface area contributed by atoms with Crippen molar-refractivity contribution in [3.63, 3.8) is 0 Å². The molecule has 3 aromatic carbocycles. The van der Waals surface area contributed by atoms with Gasteiger partial charge in [0.15, 0.2) is 6.20 Å². The monoisotopic (exact) mass is 567 g/mol. The fraction of sp³-hybridized carbons (Fsp3) is 0.182. The van der Waals surface area contributed by atoms with Crippen LogP contribution >= 0.6 is 11.8 Å². The van der Waals surface area contributed by atoms with Crippen molar-refractivity contribution in [3.8, 4) is 0 Å². The zero-order valence-corrected chi connectivity index (χ0v) is 23.4. The first-order chi connectivity index (χ1) is 20.0. The fourth-order valence-electron chi connectivity index (χ4n) is 4.81. The lowest BCUT2D eigenvalue weighted by atomic mass is 9.90. The van der Waals surface area contributed by atoms with Crippen molar-refractivity contribution in [2.45, 2.75) is 25.2 Å². The van der Waals surface area contributed by atoms with Crippen LogP contribution in [0.4, 0.5) is 4.79 Å². The molecule has 0 saturated carbocycles. The third-order valence-corrected chi connectivity index (χ3v) is 8.00. The highest BCUT2D eigenvalue weighted by atomic mass is 32.2. The molecule has 2 atom stereocenters. The van der Waals surface area contributed by atoms with Crippen LogP contribution in [0.2, 0.25) is 0 Å². The van der Waals surface area contributed by atoms with Crippen molar-refractivity contribution >= 4 is 29.5 Å². The van der Waals surface area contributed by atoms with E-state index >= 15 is 0 Å². The van der Waals surface area contributed by atoms with Gasteiger partial charge in [-0.25, -0.2) is 9.59 Å². The summed E-state index contributed by atoms with van der Waals surface area (Å²) in [6.07, 6.45) is 1.19. The predicted molar refractivity (Wildman–Crippen MR) is 157 cm³/mol. The number of rotatable bonds is 10. The summed E-state index contributed by atoms with van der Waals surface area (Å²) in [6.45, 7) is 1.94. The molecule has 1 aromatic heterocycles. The molecule has 1 aliphatic heterocycles. The third-order valence-electron chi connectivity index (χ3n) is 6.72. The number of esters is 1. The first kappa shape index (κ1) is 28.1. The average molecular weight is 568 g/mol. The number of aliphatic hydroxyl groups is 1. The number of carbonyl (C=O) groups is 2. The normalized spacial score (nSPS) is 16.5. The minimum Gasteiger partial charge on any atom is -0.464 e. The Bertz CT molecular complexity index is 1530. The van der Waals surface area contributed by atoms with Gasteiger partial charge in [-0.15, -0.1) is 11.8 Å². The first-order valence-electron chi connectivity index (χ1n) is 13.4. The van der Waals surface area contributed by atoms with E-state index in [1.807, 2.05) is 120 Å². The fourth-order valence-corrected chi connectivity index (χ4v) is 6.15. The number of thioether (sulfide) groups is 1. The SMILES string of the molecule is CCOC(=O)[C@H](CSC1=C(c2ccccc2)[n+]2ccccc2C1(O)c1ccccc1)NC(=O)OCc1ccccc1. The highest BCUT2D eigenvalue weighted by molar-refractivity contribution is 8.03. The molecule has 208 valence electrons. The Balaban J connectivity index is 1.48. The Morgan fingerprint density at radius 3 is 2.20 bits per heavy atom. The average Bonchev–Trinajstić information content (AvgIpc) is 3.28. The molecule has 0 saturated heterocycles. The number of hydrogen-bond donors (Lipinski definition) is 2. The van der Waals surface area contributed by atoms with Gasteiger partial charge in [0.1, 0.15) is 17.6 Å². The molecule has 0 fully saturated rings. The highest BCUT2D eigenvalue weighted by Crippen LogP contribution is 2.48. The lowest BCUT2D eigenvalue weighted by molar-refractivity contribution is -0.587. The van der Waals surface area contributed by atoms with Gasteiger partial charge in [0.05, 0.1) is 6.61 Å². The van der Waals surface area contributed by atoms with E-state index in [9.17, 15) is 14.7 Å². The van der Waals surface area contributed by atoms with Crippen LogP contribution in [0.3, 0.4) is 0 Å². The molecule has 0 aliphatic carbocycles. The maximum Gasteiger partial charge on any atom is 0.408 e. The number of hydrogen-bond acceptors (Lipinski definition) is 6. The summed E-state index contributed by atoms with van der Waals surface area (Å²) in [5.41, 5.74) is 2.41. The van der Waals surface area contributed by atoms with E-state index in [1.165, 1.54) is 11.8 Å². The smallest absolute Gasteiger partial charge is 0.408 e. The van der Waals surface area contributed by atoms with Crippen molar-refractivity contribution in [1.82, 2.24) is 5.32 Å². The Morgan fingerprint density at radius 2 is 1.51 bits per heavy atom. The van der Waals surface area contributed by atoms with E-state index in [0.717, 1.165) is 16.8 Å². The second-order valence-electron chi connectivity index (χ2n) is 9.40. The molecule has 0 spiro atoms. The standard InChI is InChI=1S/C33H30N2O5S/c1-2-39-31(36)27(34-32(37)40-22-24-14-6-3-7-15-24)23-41-30-29(25-16-8-4-9-17-25)35-21-13-12-20-28(35)33(30,38)26-18-10-5-11-19-26/h3-21,27,38H,2,22-23H2,1H3/p+1/t27-,33?/m0/s1. The van der Waals surface area contributed by atoms with Crippen LogP contribution in [0.5, 0.6) is 0 Å². The largest absolute Gasteiger partial charge is 0.464 e. The molecule has 0 radical (unpaired) electrons. The first-order valence-corrected chi connectivity index (χ1v) is 14.4. The number of nitrogens with zero attached hydrogens (tertiary/aromatic N) is 1. The molecule has 2 N–H and O–H groups in total. The van der Waals surface area contributed by atoms with Crippen molar-refractivity contribution in [3.05, 3.63) is 143 Å². The Morgan fingerprint density at radius 1 is 0.878 bits per heavy atom.